The van der Waals surface area contributed by atoms with Crippen molar-refractivity contribution in [3.8, 4) is 5.82 Å². The quantitative estimate of drug-likeness (QED) is 0.933. The Balaban J connectivity index is 1.56. The molecule has 2 amide bonds. The topological polar surface area (TPSA) is 72.3 Å². The van der Waals surface area contributed by atoms with Gasteiger partial charge in [-0.25, -0.2) is 14.8 Å². The fraction of sp³-hybridized carbons (Fsp3) is 0.438. The highest BCUT2D eigenvalue weighted by atomic mass is 16.5. The molecule has 1 saturated heterocycles. The number of amides is 2. The van der Waals surface area contributed by atoms with E-state index in [2.05, 4.69) is 15.3 Å². The molecule has 0 aromatic carbocycles. The van der Waals surface area contributed by atoms with Gasteiger partial charge in [0.25, 0.3) is 0 Å². The van der Waals surface area contributed by atoms with Crippen LogP contribution in [0.4, 0.5) is 4.79 Å². The van der Waals surface area contributed by atoms with Crippen molar-refractivity contribution in [3.63, 3.8) is 0 Å². The van der Waals surface area contributed by atoms with E-state index in [1.807, 2.05) is 41.6 Å². The van der Waals surface area contributed by atoms with Gasteiger partial charge in [-0.3, -0.25) is 4.57 Å². The summed E-state index contributed by atoms with van der Waals surface area (Å²) in [5.41, 5.74) is 0.955. The molecule has 0 unspecified atom stereocenters. The molecule has 7 heteroatoms. The van der Waals surface area contributed by atoms with Crippen LogP contribution in [0.2, 0.25) is 0 Å². The van der Waals surface area contributed by atoms with Gasteiger partial charge in [0, 0.05) is 31.7 Å². The Morgan fingerprint density at radius 3 is 3.00 bits per heavy atom. The summed E-state index contributed by atoms with van der Waals surface area (Å²) in [4.78, 5) is 22.5. The molecule has 1 N–H and O–H groups in total. The molecule has 23 heavy (non-hydrogen) atoms. The molecule has 1 aliphatic heterocycles. The Bertz CT molecular complexity index is 641. The van der Waals surface area contributed by atoms with Crippen LogP contribution in [-0.2, 0) is 11.3 Å². The van der Waals surface area contributed by atoms with E-state index in [0.717, 1.165) is 11.4 Å². The van der Waals surface area contributed by atoms with Gasteiger partial charge < -0.3 is 15.0 Å². The highest BCUT2D eigenvalue weighted by Crippen LogP contribution is 2.13. The molecule has 2 atom stereocenters. The molecule has 0 aliphatic carbocycles. The van der Waals surface area contributed by atoms with Gasteiger partial charge in [0.15, 0.2) is 0 Å². The monoisotopic (exact) mass is 315 g/mol. The van der Waals surface area contributed by atoms with E-state index in [-0.39, 0.29) is 18.2 Å². The second-order valence-corrected chi connectivity index (χ2v) is 5.66. The molecule has 1 fully saturated rings. The molecule has 0 spiro atoms. The summed E-state index contributed by atoms with van der Waals surface area (Å²) in [5.74, 6) is 0.799. The predicted octanol–water partition coefficient (Wildman–Crippen LogP) is 1.59. The van der Waals surface area contributed by atoms with Gasteiger partial charge >= 0.3 is 6.03 Å². The first-order valence-electron chi connectivity index (χ1n) is 7.74. The number of imidazole rings is 1. The SMILES string of the molecule is C[C@@H]1[C@@H](C)OCCN1C(=O)NCc1ccc(-n2ccnc2)nc1. The molecular formula is C16H21N5O2. The summed E-state index contributed by atoms with van der Waals surface area (Å²) < 4.78 is 7.38. The normalized spacial score (nSPS) is 21.2. The van der Waals surface area contributed by atoms with E-state index >= 15 is 0 Å². The second-order valence-electron chi connectivity index (χ2n) is 5.66. The molecule has 1 aliphatic rings. The Kier molecular flexibility index (Phi) is 4.57. The van der Waals surface area contributed by atoms with Gasteiger partial charge in [-0.15, -0.1) is 0 Å². The van der Waals surface area contributed by atoms with Gasteiger partial charge in [0.1, 0.15) is 12.1 Å². The lowest BCUT2D eigenvalue weighted by molar-refractivity contribution is -0.0376. The van der Waals surface area contributed by atoms with E-state index in [1.165, 1.54) is 0 Å². The number of hydrogen-bond acceptors (Lipinski definition) is 4. The number of carbonyl (C=O) groups excluding carboxylic acids is 1. The van der Waals surface area contributed by atoms with Crippen LogP contribution in [0.15, 0.2) is 37.1 Å². The van der Waals surface area contributed by atoms with Gasteiger partial charge in [-0.1, -0.05) is 6.07 Å². The minimum Gasteiger partial charge on any atom is -0.375 e. The average molecular weight is 315 g/mol. The van der Waals surface area contributed by atoms with Gasteiger partial charge in [0.2, 0.25) is 0 Å². The number of carbonyl (C=O) groups is 1. The zero-order valence-electron chi connectivity index (χ0n) is 13.3. The summed E-state index contributed by atoms with van der Waals surface area (Å²) >= 11 is 0. The number of pyridine rings is 1. The van der Waals surface area contributed by atoms with Crippen LogP contribution in [0.1, 0.15) is 19.4 Å². The Morgan fingerprint density at radius 1 is 1.43 bits per heavy atom. The Hall–Kier alpha value is -2.41. The fourth-order valence-corrected chi connectivity index (χ4v) is 2.57. The van der Waals surface area contributed by atoms with Crippen LogP contribution in [0.5, 0.6) is 0 Å². The molecule has 7 nitrogen and oxygen atoms in total. The van der Waals surface area contributed by atoms with Crippen LogP contribution in [0.3, 0.4) is 0 Å². The van der Waals surface area contributed by atoms with Gasteiger partial charge in [0.05, 0.1) is 18.8 Å². The van der Waals surface area contributed by atoms with Crippen molar-refractivity contribution in [3.05, 3.63) is 42.6 Å². The molecule has 0 saturated carbocycles. The Morgan fingerprint density at radius 2 is 2.30 bits per heavy atom. The predicted molar refractivity (Wildman–Crippen MR) is 85.2 cm³/mol. The molecule has 3 rings (SSSR count). The zero-order chi connectivity index (χ0) is 16.2. The van der Waals surface area contributed by atoms with E-state index in [1.54, 1.807) is 18.7 Å². The first kappa shape index (κ1) is 15.5. The number of ether oxygens (including phenoxy) is 1. The largest absolute Gasteiger partial charge is 0.375 e. The van der Waals surface area contributed by atoms with Crippen LogP contribution in [0, 0.1) is 0 Å². The van der Waals surface area contributed by atoms with Crippen molar-refractivity contribution in [1.29, 1.82) is 0 Å². The maximum atomic E-state index is 12.3. The summed E-state index contributed by atoms with van der Waals surface area (Å²) in [6.07, 6.45) is 7.07. The lowest BCUT2D eigenvalue weighted by Crippen LogP contribution is -2.54. The highest BCUT2D eigenvalue weighted by molar-refractivity contribution is 5.74. The van der Waals surface area contributed by atoms with Crippen LogP contribution in [0.25, 0.3) is 5.82 Å². The third-order valence-electron chi connectivity index (χ3n) is 4.17. The number of aromatic nitrogens is 3. The van der Waals surface area contributed by atoms with E-state index in [4.69, 9.17) is 4.74 Å². The third kappa shape index (κ3) is 3.50. The van der Waals surface area contributed by atoms with Crippen LogP contribution < -0.4 is 5.32 Å². The maximum Gasteiger partial charge on any atom is 0.318 e. The first-order chi connectivity index (χ1) is 11.1. The summed E-state index contributed by atoms with van der Waals surface area (Å²) in [5, 5.41) is 2.95. The minimum atomic E-state index is -0.0636. The summed E-state index contributed by atoms with van der Waals surface area (Å²) in [6.45, 7) is 5.65. The van der Waals surface area contributed by atoms with Crippen molar-refractivity contribution >= 4 is 6.03 Å². The smallest absolute Gasteiger partial charge is 0.318 e. The molecule has 0 radical (unpaired) electrons. The van der Waals surface area contributed by atoms with E-state index in [9.17, 15) is 4.79 Å². The lowest BCUT2D eigenvalue weighted by Gasteiger charge is -2.37. The minimum absolute atomic E-state index is 0.0608. The first-order valence-corrected chi connectivity index (χ1v) is 7.74. The molecule has 122 valence electrons. The highest BCUT2D eigenvalue weighted by Gasteiger charge is 2.28. The average Bonchev–Trinajstić information content (AvgIpc) is 3.10. The van der Waals surface area contributed by atoms with Gasteiger partial charge in [-0.2, -0.15) is 0 Å². The van der Waals surface area contributed by atoms with Crippen molar-refractivity contribution in [2.45, 2.75) is 32.5 Å². The van der Waals surface area contributed by atoms with Crippen LogP contribution in [-0.4, -0.2) is 50.8 Å². The number of urea groups is 1. The summed E-state index contributed by atoms with van der Waals surface area (Å²) in [7, 11) is 0. The number of hydrogen-bond donors (Lipinski definition) is 1. The molecule has 2 aromatic heterocycles. The van der Waals surface area contributed by atoms with Crippen molar-refractivity contribution in [2.24, 2.45) is 0 Å². The zero-order valence-corrected chi connectivity index (χ0v) is 13.3. The third-order valence-corrected chi connectivity index (χ3v) is 4.17. The van der Waals surface area contributed by atoms with Crippen molar-refractivity contribution in [2.75, 3.05) is 13.2 Å². The van der Waals surface area contributed by atoms with Crippen molar-refractivity contribution < 1.29 is 9.53 Å². The lowest BCUT2D eigenvalue weighted by atomic mass is 10.1. The number of nitrogens with zero attached hydrogens (tertiary/aromatic N) is 4. The van der Waals surface area contributed by atoms with Crippen LogP contribution >= 0.6 is 0 Å². The molecular weight excluding hydrogens is 294 g/mol. The maximum absolute atomic E-state index is 12.3. The number of morpholine rings is 1. The number of rotatable bonds is 3. The van der Waals surface area contributed by atoms with E-state index < -0.39 is 0 Å². The van der Waals surface area contributed by atoms with Crippen molar-refractivity contribution in [1.82, 2.24) is 24.8 Å². The Labute approximate surface area is 135 Å². The van der Waals surface area contributed by atoms with Gasteiger partial charge in [-0.05, 0) is 25.5 Å². The van der Waals surface area contributed by atoms with E-state index in [0.29, 0.717) is 19.7 Å². The molecule has 0 bridgehead atoms. The number of nitrogens with one attached hydrogen (secondary N) is 1. The standard InChI is InChI=1S/C16H21N5O2/c1-12-13(2)23-8-7-21(12)16(22)19-10-14-3-4-15(18-9-14)20-6-5-17-11-20/h3-6,9,11-13H,7-8,10H2,1-2H3,(H,19,22)/t12-,13-/m1/s1. The fourth-order valence-electron chi connectivity index (χ4n) is 2.57. The molecule has 2 aromatic rings. The molecule has 3 heterocycles. The summed E-state index contributed by atoms with van der Waals surface area (Å²) in [6, 6.07) is 3.87. The second kappa shape index (κ2) is 6.78.